The van der Waals surface area contributed by atoms with Crippen molar-refractivity contribution in [1.82, 2.24) is 14.4 Å². The predicted octanol–water partition coefficient (Wildman–Crippen LogP) is 2.08. The SMILES string of the molecule is CN1CCN(CCCn2ccc3ccc(NO)cc32)CC1. The van der Waals surface area contributed by atoms with Crippen molar-refractivity contribution in [1.29, 1.82) is 0 Å². The number of rotatable bonds is 5. The Morgan fingerprint density at radius 2 is 1.90 bits per heavy atom. The number of nitrogens with one attached hydrogen (secondary N) is 1. The fourth-order valence-electron chi connectivity index (χ4n) is 2.98. The van der Waals surface area contributed by atoms with Crippen LogP contribution in [0.4, 0.5) is 5.69 Å². The predicted molar refractivity (Wildman–Crippen MR) is 85.9 cm³/mol. The molecule has 1 fully saturated rings. The molecule has 114 valence electrons. The van der Waals surface area contributed by atoms with E-state index in [1.165, 1.54) is 37.1 Å². The molecule has 1 aliphatic heterocycles. The van der Waals surface area contributed by atoms with Gasteiger partial charge in [0.1, 0.15) is 0 Å². The minimum absolute atomic E-state index is 0.738. The van der Waals surface area contributed by atoms with Crippen LogP contribution < -0.4 is 5.48 Å². The van der Waals surface area contributed by atoms with Crippen molar-refractivity contribution < 1.29 is 5.21 Å². The van der Waals surface area contributed by atoms with Crippen molar-refractivity contribution in [2.24, 2.45) is 0 Å². The first-order valence-corrected chi connectivity index (χ1v) is 7.66. The molecule has 0 bridgehead atoms. The Bertz CT molecular complexity index is 587. The highest BCUT2D eigenvalue weighted by molar-refractivity contribution is 5.83. The normalized spacial score (nSPS) is 17.4. The molecule has 21 heavy (non-hydrogen) atoms. The van der Waals surface area contributed by atoms with Crippen molar-refractivity contribution in [2.75, 3.05) is 45.3 Å². The molecule has 0 spiro atoms. The number of aryl methyl sites for hydroxylation is 1. The van der Waals surface area contributed by atoms with E-state index >= 15 is 0 Å². The van der Waals surface area contributed by atoms with Gasteiger partial charge in [-0.15, -0.1) is 0 Å². The van der Waals surface area contributed by atoms with Crippen molar-refractivity contribution in [2.45, 2.75) is 13.0 Å². The molecule has 2 aromatic rings. The lowest BCUT2D eigenvalue weighted by atomic mass is 10.2. The molecule has 0 radical (unpaired) electrons. The Balaban J connectivity index is 1.58. The van der Waals surface area contributed by atoms with E-state index in [9.17, 15) is 0 Å². The Kier molecular flexibility index (Phi) is 4.43. The fraction of sp³-hybridized carbons (Fsp3) is 0.500. The molecule has 2 heterocycles. The number of piperazine rings is 1. The summed E-state index contributed by atoms with van der Waals surface area (Å²) in [6.45, 7) is 6.90. The summed E-state index contributed by atoms with van der Waals surface area (Å²) in [7, 11) is 2.19. The van der Waals surface area contributed by atoms with Gasteiger partial charge in [0.2, 0.25) is 0 Å². The summed E-state index contributed by atoms with van der Waals surface area (Å²) in [5.41, 5.74) is 4.13. The molecule has 5 heteroatoms. The highest BCUT2D eigenvalue weighted by Gasteiger charge is 2.13. The number of fused-ring (bicyclic) bond motifs is 1. The number of hydrogen-bond acceptors (Lipinski definition) is 4. The lowest BCUT2D eigenvalue weighted by Crippen LogP contribution is -2.44. The molecular weight excluding hydrogens is 264 g/mol. The molecule has 1 saturated heterocycles. The van der Waals surface area contributed by atoms with Crippen LogP contribution in [0.2, 0.25) is 0 Å². The maximum absolute atomic E-state index is 9.02. The lowest BCUT2D eigenvalue weighted by Gasteiger charge is -2.32. The summed E-state index contributed by atoms with van der Waals surface area (Å²) in [5, 5.41) is 10.2. The summed E-state index contributed by atoms with van der Waals surface area (Å²) in [6, 6.07) is 8.04. The molecule has 0 aliphatic carbocycles. The van der Waals surface area contributed by atoms with Gasteiger partial charge in [0.25, 0.3) is 0 Å². The molecule has 0 atom stereocenters. The van der Waals surface area contributed by atoms with Gasteiger partial charge < -0.3 is 14.4 Å². The zero-order valence-corrected chi connectivity index (χ0v) is 12.6. The summed E-state index contributed by atoms with van der Waals surface area (Å²) in [6.07, 6.45) is 3.29. The largest absolute Gasteiger partial charge is 0.347 e. The lowest BCUT2D eigenvalue weighted by molar-refractivity contribution is 0.151. The average molecular weight is 288 g/mol. The molecule has 1 aromatic carbocycles. The minimum Gasteiger partial charge on any atom is -0.347 e. The van der Waals surface area contributed by atoms with Gasteiger partial charge in [0.15, 0.2) is 0 Å². The summed E-state index contributed by atoms with van der Waals surface area (Å²) < 4.78 is 2.27. The maximum Gasteiger partial charge on any atom is 0.0623 e. The Labute approximate surface area is 125 Å². The molecule has 2 N–H and O–H groups in total. The Morgan fingerprint density at radius 1 is 1.10 bits per heavy atom. The van der Waals surface area contributed by atoms with Gasteiger partial charge in [-0.05, 0) is 43.6 Å². The standard InChI is InChI=1S/C16H24N4O/c1-18-9-11-19(12-10-18)6-2-7-20-8-5-14-3-4-15(17-21)13-16(14)20/h3-5,8,13,17,21H,2,6-7,9-12H2,1H3. The summed E-state index contributed by atoms with van der Waals surface area (Å²) in [5.74, 6) is 0. The molecule has 0 saturated carbocycles. The van der Waals surface area contributed by atoms with Gasteiger partial charge in [-0.3, -0.25) is 10.7 Å². The average Bonchev–Trinajstić information content (AvgIpc) is 2.91. The number of benzene rings is 1. The summed E-state index contributed by atoms with van der Waals surface area (Å²) in [4.78, 5) is 4.94. The van der Waals surface area contributed by atoms with Crippen molar-refractivity contribution in [3.05, 3.63) is 30.5 Å². The van der Waals surface area contributed by atoms with E-state index in [0.717, 1.165) is 25.2 Å². The summed E-state index contributed by atoms with van der Waals surface area (Å²) >= 11 is 0. The van der Waals surface area contributed by atoms with Crippen LogP contribution in [-0.2, 0) is 6.54 Å². The maximum atomic E-state index is 9.02. The van der Waals surface area contributed by atoms with Gasteiger partial charge in [-0.1, -0.05) is 6.07 Å². The van der Waals surface area contributed by atoms with Crippen LogP contribution in [0.1, 0.15) is 6.42 Å². The quantitative estimate of drug-likeness (QED) is 0.827. The molecule has 1 aliphatic rings. The molecule has 0 amide bonds. The first-order valence-electron chi connectivity index (χ1n) is 7.66. The third-order valence-corrected chi connectivity index (χ3v) is 4.37. The van der Waals surface area contributed by atoms with E-state index in [2.05, 4.69) is 39.2 Å². The second-order valence-electron chi connectivity index (χ2n) is 5.89. The number of likely N-dealkylation sites (N-methyl/N-ethyl adjacent to an activating group) is 1. The van der Waals surface area contributed by atoms with Gasteiger partial charge in [-0.2, -0.15) is 0 Å². The topological polar surface area (TPSA) is 43.7 Å². The number of aromatic nitrogens is 1. The fourth-order valence-corrected chi connectivity index (χ4v) is 2.98. The van der Waals surface area contributed by atoms with Crippen LogP contribution in [-0.4, -0.2) is 59.3 Å². The van der Waals surface area contributed by atoms with Gasteiger partial charge in [0, 0.05) is 38.9 Å². The van der Waals surface area contributed by atoms with E-state index in [0.29, 0.717) is 0 Å². The number of hydrogen-bond donors (Lipinski definition) is 2. The highest BCUT2D eigenvalue weighted by Crippen LogP contribution is 2.20. The monoisotopic (exact) mass is 288 g/mol. The van der Waals surface area contributed by atoms with Crippen LogP contribution in [0, 0.1) is 0 Å². The highest BCUT2D eigenvalue weighted by atomic mass is 16.5. The van der Waals surface area contributed by atoms with Crippen LogP contribution in [0.15, 0.2) is 30.5 Å². The minimum atomic E-state index is 0.738. The first kappa shape index (κ1) is 14.4. The molecule has 1 aromatic heterocycles. The number of anilines is 1. The van der Waals surface area contributed by atoms with Gasteiger partial charge in [0.05, 0.1) is 11.2 Å². The van der Waals surface area contributed by atoms with E-state index in [-0.39, 0.29) is 0 Å². The third-order valence-electron chi connectivity index (χ3n) is 4.37. The van der Waals surface area contributed by atoms with Crippen molar-refractivity contribution in [3.8, 4) is 0 Å². The molecule has 3 rings (SSSR count). The third kappa shape index (κ3) is 3.37. The van der Waals surface area contributed by atoms with Crippen LogP contribution in [0.25, 0.3) is 10.9 Å². The van der Waals surface area contributed by atoms with E-state index in [1.807, 2.05) is 18.2 Å². The molecular formula is C16H24N4O. The Morgan fingerprint density at radius 3 is 2.67 bits per heavy atom. The van der Waals surface area contributed by atoms with Crippen LogP contribution >= 0.6 is 0 Å². The second-order valence-corrected chi connectivity index (χ2v) is 5.89. The molecule has 5 nitrogen and oxygen atoms in total. The second kappa shape index (κ2) is 6.47. The van der Waals surface area contributed by atoms with Crippen LogP contribution in [0.3, 0.4) is 0 Å². The zero-order valence-electron chi connectivity index (χ0n) is 12.6. The number of nitrogens with zero attached hydrogens (tertiary/aromatic N) is 3. The molecule has 0 unspecified atom stereocenters. The smallest absolute Gasteiger partial charge is 0.0623 e. The van der Waals surface area contributed by atoms with Crippen molar-refractivity contribution >= 4 is 16.6 Å². The van der Waals surface area contributed by atoms with Gasteiger partial charge in [-0.25, -0.2) is 0 Å². The van der Waals surface area contributed by atoms with Gasteiger partial charge >= 0.3 is 0 Å². The van der Waals surface area contributed by atoms with E-state index in [4.69, 9.17) is 5.21 Å². The van der Waals surface area contributed by atoms with E-state index < -0.39 is 0 Å². The van der Waals surface area contributed by atoms with Crippen molar-refractivity contribution in [3.63, 3.8) is 0 Å². The van der Waals surface area contributed by atoms with Crippen LogP contribution in [0.5, 0.6) is 0 Å². The zero-order chi connectivity index (χ0) is 14.7. The Hall–Kier alpha value is -1.56. The first-order chi connectivity index (χ1) is 10.3. The van der Waals surface area contributed by atoms with E-state index in [1.54, 1.807) is 0 Å².